The van der Waals surface area contributed by atoms with Gasteiger partial charge in [-0.2, -0.15) is 0 Å². The van der Waals surface area contributed by atoms with Crippen molar-refractivity contribution >= 4 is 35.4 Å². The normalized spacial score (nSPS) is 13.8. The van der Waals surface area contributed by atoms with E-state index >= 15 is 0 Å². The van der Waals surface area contributed by atoms with Gasteiger partial charge in [0.15, 0.2) is 0 Å². The summed E-state index contributed by atoms with van der Waals surface area (Å²) in [7, 11) is 0. The van der Waals surface area contributed by atoms with Gasteiger partial charge in [-0.3, -0.25) is 25.2 Å². The van der Waals surface area contributed by atoms with Crippen molar-refractivity contribution < 1.29 is 14.4 Å². The molecule has 0 atom stereocenters. The van der Waals surface area contributed by atoms with Crippen molar-refractivity contribution in [2.24, 2.45) is 0 Å². The first-order valence-corrected chi connectivity index (χ1v) is 6.77. The van der Waals surface area contributed by atoms with Crippen molar-refractivity contribution in [2.75, 3.05) is 0 Å². The lowest BCUT2D eigenvalue weighted by molar-refractivity contribution is -0.140. The number of rotatable bonds is 3. The molecule has 7 heteroatoms. The number of nitrogens with one attached hydrogen (secondary N) is 3. The van der Waals surface area contributed by atoms with Gasteiger partial charge in [0.1, 0.15) is 0 Å². The van der Waals surface area contributed by atoms with Crippen molar-refractivity contribution in [3.63, 3.8) is 0 Å². The molecule has 3 amide bonds. The fourth-order valence-electron chi connectivity index (χ4n) is 1.47. The molecule has 6 nitrogen and oxygen atoms in total. The maximum atomic E-state index is 11.5. The maximum Gasteiger partial charge on any atom is 0.327 e. The minimum absolute atomic E-state index is 0.0825. The van der Waals surface area contributed by atoms with E-state index in [2.05, 4.69) is 10.7 Å². The molecule has 0 saturated heterocycles. The summed E-state index contributed by atoms with van der Waals surface area (Å²) < 4.78 is 0. The average Bonchev–Trinajstić information content (AvgIpc) is 3.27. The summed E-state index contributed by atoms with van der Waals surface area (Å²) in [6.45, 7) is 0. The number of amides is 3. The van der Waals surface area contributed by atoms with Gasteiger partial charge in [0.05, 0.1) is 0 Å². The number of hydrogen-bond donors (Lipinski definition) is 3. The Morgan fingerprint density at radius 2 is 1.81 bits per heavy atom. The number of carbonyl (C=O) groups excluding carboxylic acids is 3. The Kier molecular flexibility index (Phi) is 4.94. The van der Waals surface area contributed by atoms with Gasteiger partial charge in [-0.05, 0) is 30.5 Å². The number of carbonyl (C=O) groups is 3. The van der Waals surface area contributed by atoms with Crippen LogP contribution in [0.5, 0.6) is 0 Å². The zero-order valence-electron chi connectivity index (χ0n) is 11.1. The molecule has 0 radical (unpaired) electrons. The Morgan fingerprint density at radius 3 is 2.48 bits per heavy atom. The van der Waals surface area contributed by atoms with Crippen LogP contribution in [0.1, 0.15) is 18.4 Å². The predicted octanol–water partition coefficient (Wildman–Crippen LogP) is 0.779. The highest BCUT2D eigenvalue weighted by Crippen LogP contribution is 2.18. The van der Waals surface area contributed by atoms with Crippen molar-refractivity contribution in [1.29, 1.82) is 0 Å². The molecule has 1 aromatic carbocycles. The fraction of sp³-hybridized carbons (Fsp3) is 0.214. The lowest BCUT2D eigenvalue weighted by Gasteiger charge is -2.05. The van der Waals surface area contributed by atoms with Gasteiger partial charge >= 0.3 is 11.8 Å². The number of hydrogen-bond acceptors (Lipinski definition) is 3. The first-order valence-electron chi connectivity index (χ1n) is 6.39. The second-order valence-electron chi connectivity index (χ2n) is 4.55. The third-order valence-corrected chi connectivity index (χ3v) is 3.08. The molecule has 1 saturated carbocycles. The molecule has 1 fully saturated rings. The summed E-state index contributed by atoms with van der Waals surface area (Å²) in [4.78, 5) is 34.2. The molecule has 0 heterocycles. The van der Waals surface area contributed by atoms with Crippen LogP contribution >= 0.6 is 11.6 Å². The third kappa shape index (κ3) is 4.92. The van der Waals surface area contributed by atoms with E-state index in [1.807, 2.05) is 5.43 Å². The minimum atomic E-state index is -0.901. The number of benzene rings is 1. The second kappa shape index (κ2) is 6.90. The molecule has 21 heavy (non-hydrogen) atoms. The summed E-state index contributed by atoms with van der Waals surface area (Å²) in [5, 5.41) is 3.01. The molecule has 0 bridgehead atoms. The van der Waals surface area contributed by atoms with Crippen LogP contribution in [0.3, 0.4) is 0 Å². The van der Waals surface area contributed by atoms with Crippen LogP contribution in [0, 0.1) is 0 Å². The smallest absolute Gasteiger partial charge is 0.327 e. The molecule has 110 valence electrons. The Bertz CT molecular complexity index is 597. The zero-order valence-corrected chi connectivity index (χ0v) is 11.8. The highest BCUT2D eigenvalue weighted by Gasteiger charge is 2.26. The second-order valence-corrected chi connectivity index (χ2v) is 4.95. The monoisotopic (exact) mass is 307 g/mol. The average molecular weight is 308 g/mol. The Morgan fingerprint density at radius 1 is 1.10 bits per heavy atom. The van der Waals surface area contributed by atoms with Gasteiger partial charge < -0.3 is 5.32 Å². The molecule has 0 unspecified atom stereocenters. The van der Waals surface area contributed by atoms with Crippen LogP contribution in [-0.4, -0.2) is 23.8 Å². The van der Waals surface area contributed by atoms with Crippen molar-refractivity contribution in [3.8, 4) is 0 Å². The van der Waals surface area contributed by atoms with Crippen LogP contribution in [0.2, 0.25) is 5.02 Å². The molecule has 0 spiro atoms. The molecular weight excluding hydrogens is 294 g/mol. The highest BCUT2D eigenvalue weighted by molar-refractivity contribution is 6.35. The van der Waals surface area contributed by atoms with E-state index in [0.29, 0.717) is 10.6 Å². The van der Waals surface area contributed by atoms with E-state index in [9.17, 15) is 14.4 Å². The Labute approximate surface area is 126 Å². The highest BCUT2D eigenvalue weighted by atomic mass is 35.5. The lowest BCUT2D eigenvalue weighted by Crippen LogP contribution is -2.48. The van der Waals surface area contributed by atoms with Crippen LogP contribution in [0.15, 0.2) is 30.3 Å². The first kappa shape index (κ1) is 15.1. The topological polar surface area (TPSA) is 87.3 Å². The standard InChI is InChI=1S/C14H14ClN3O3/c15-11-4-2-1-3-9(11)5-8-12(19)17-18-14(21)13(20)16-10-6-7-10/h1-5,8,10H,6-7H2,(H,16,20)(H,17,19)(H,18,21)/b8-5+. The van der Waals surface area contributed by atoms with Gasteiger partial charge in [-0.15, -0.1) is 0 Å². The van der Waals surface area contributed by atoms with Gasteiger partial charge in [0, 0.05) is 17.1 Å². The minimum Gasteiger partial charge on any atom is -0.345 e. The molecule has 3 N–H and O–H groups in total. The Hall–Kier alpha value is -2.34. The summed E-state index contributed by atoms with van der Waals surface area (Å²) in [6, 6.07) is 7.09. The van der Waals surface area contributed by atoms with E-state index in [1.54, 1.807) is 24.3 Å². The van der Waals surface area contributed by atoms with Gasteiger partial charge in [0.25, 0.3) is 5.91 Å². The zero-order chi connectivity index (χ0) is 15.2. The quantitative estimate of drug-likeness (QED) is 0.438. The molecule has 2 rings (SSSR count). The van der Waals surface area contributed by atoms with Crippen molar-refractivity contribution in [1.82, 2.24) is 16.2 Å². The maximum absolute atomic E-state index is 11.5. The SMILES string of the molecule is O=C(/C=C/c1ccccc1Cl)NNC(=O)C(=O)NC1CC1. The van der Waals surface area contributed by atoms with Crippen LogP contribution < -0.4 is 16.2 Å². The Balaban J connectivity index is 1.77. The van der Waals surface area contributed by atoms with Gasteiger partial charge in [-0.25, -0.2) is 0 Å². The summed E-state index contributed by atoms with van der Waals surface area (Å²) in [5.74, 6) is -2.23. The predicted molar refractivity (Wildman–Crippen MR) is 77.9 cm³/mol. The first-order chi connectivity index (χ1) is 10.1. The molecule has 1 aliphatic rings. The fourth-order valence-corrected chi connectivity index (χ4v) is 1.67. The van der Waals surface area contributed by atoms with Crippen LogP contribution in [0.4, 0.5) is 0 Å². The van der Waals surface area contributed by atoms with E-state index in [-0.39, 0.29) is 6.04 Å². The number of hydrazine groups is 1. The third-order valence-electron chi connectivity index (χ3n) is 2.74. The van der Waals surface area contributed by atoms with Crippen molar-refractivity contribution in [3.05, 3.63) is 40.9 Å². The van der Waals surface area contributed by atoms with E-state index < -0.39 is 17.7 Å². The molecule has 1 aromatic rings. The van der Waals surface area contributed by atoms with E-state index in [0.717, 1.165) is 12.8 Å². The van der Waals surface area contributed by atoms with E-state index in [4.69, 9.17) is 11.6 Å². The van der Waals surface area contributed by atoms with Crippen LogP contribution in [0.25, 0.3) is 6.08 Å². The lowest BCUT2D eigenvalue weighted by atomic mass is 10.2. The van der Waals surface area contributed by atoms with Crippen LogP contribution in [-0.2, 0) is 14.4 Å². The van der Waals surface area contributed by atoms with Gasteiger partial charge in [-0.1, -0.05) is 29.8 Å². The van der Waals surface area contributed by atoms with Crippen molar-refractivity contribution in [2.45, 2.75) is 18.9 Å². The summed E-state index contributed by atoms with van der Waals surface area (Å²) in [6.07, 6.45) is 4.48. The van der Waals surface area contributed by atoms with Gasteiger partial charge in [0.2, 0.25) is 0 Å². The summed E-state index contributed by atoms with van der Waals surface area (Å²) >= 11 is 5.93. The molecule has 0 aromatic heterocycles. The summed E-state index contributed by atoms with van der Waals surface area (Å²) in [5.41, 5.74) is 4.82. The molecule has 1 aliphatic carbocycles. The largest absolute Gasteiger partial charge is 0.345 e. The molecular formula is C14H14ClN3O3. The molecule has 0 aliphatic heterocycles. The number of halogens is 1. The van der Waals surface area contributed by atoms with E-state index in [1.165, 1.54) is 12.2 Å².